The lowest BCUT2D eigenvalue weighted by Gasteiger charge is -2.29. The maximum Gasteiger partial charge on any atom is 0.246 e. The molecule has 1 N–H and O–H groups in total. The fraction of sp³-hybridized carbons (Fsp3) is 0.571. The van der Waals surface area contributed by atoms with Gasteiger partial charge in [0, 0.05) is 19.6 Å². The minimum absolute atomic E-state index is 0.275. The zero-order chi connectivity index (χ0) is 15.6. The first-order valence-electron chi connectivity index (χ1n) is 6.99. The number of nitrogens with zero attached hydrogens (tertiary/aromatic N) is 1. The summed E-state index contributed by atoms with van der Waals surface area (Å²) >= 11 is 0. The van der Waals surface area contributed by atoms with Crippen LogP contribution in [0.2, 0.25) is 0 Å². The molecule has 1 fully saturated rings. The van der Waals surface area contributed by atoms with Crippen molar-refractivity contribution in [1.29, 1.82) is 0 Å². The second-order valence-corrected chi connectivity index (χ2v) is 7.41. The molecule has 0 unspecified atom stereocenters. The number of hydrogen-bond donors (Lipinski definition) is 1. The van der Waals surface area contributed by atoms with E-state index in [4.69, 9.17) is 0 Å². The van der Waals surface area contributed by atoms with Crippen LogP contribution >= 0.6 is 0 Å². The van der Waals surface area contributed by atoms with Gasteiger partial charge >= 0.3 is 0 Å². The predicted octanol–water partition coefficient (Wildman–Crippen LogP) is 2.10. The Hall–Kier alpha value is -1.05. The summed E-state index contributed by atoms with van der Waals surface area (Å²) in [6.07, 6.45) is 1.47. The van der Waals surface area contributed by atoms with Crippen molar-refractivity contribution in [3.05, 3.63) is 29.3 Å². The smallest absolute Gasteiger partial charge is 0.246 e. The summed E-state index contributed by atoms with van der Waals surface area (Å²) in [4.78, 5) is -0.567. The summed E-state index contributed by atoms with van der Waals surface area (Å²) in [5.74, 6) is -1.98. The quantitative estimate of drug-likeness (QED) is 0.925. The average molecular weight is 318 g/mol. The highest BCUT2D eigenvalue weighted by Gasteiger charge is 2.31. The molecule has 1 aromatic carbocycles. The van der Waals surface area contributed by atoms with Crippen LogP contribution in [0.25, 0.3) is 0 Å². The number of rotatable bonds is 4. The SMILES string of the molecule is CNCc1cc(F)c(F)c(S(=O)(=O)N2CCC(C)CC2)c1. The van der Waals surface area contributed by atoms with Crippen LogP contribution in [0.1, 0.15) is 25.3 Å². The predicted molar refractivity (Wildman–Crippen MR) is 76.3 cm³/mol. The Morgan fingerprint density at radius 3 is 2.48 bits per heavy atom. The lowest BCUT2D eigenvalue weighted by Crippen LogP contribution is -2.38. The molecule has 0 atom stereocenters. The van der Waals surface area contributed by atoms with Crippen LogP contribution < -0.4 is 5.32 Å². The summed E-state index contributed by atoms with van der Waals surface area (Å²) in [5, 5.41) is 2.80. The van der Waals surface area contributed by atoms with Gasteiger partial charge in [0.2, 0.25) is 10.0 Å². The minimum Gasteiger partial charge on any atom is -0.316 e. The Kier molecular flexibility index (Phi) is 4.95. The highest BCUT2D eigenvalue weighted by Crippen LogP contribution is 2.27. The molecule has 0 radical (unpaired) electrons. The fourth-order valence-corrected chi connectivity index (χ4v) is 4.07. The maximum atomic E-state index is 13.9. The van der Waals surface area contributed by atoms with Crippen molar-refractivity contribution in [3.63, 3.8) is 0 Å². The lowest BCUT2D eigenvalue weighted by atomic mass is 10.0. The van der Waals surface area contributed by atoms with Crippen LogP contribution in [0.4, 0.5) is 8.78 Å². The summed E-state index contributed by atoms with van der Waals surface area (Å²) < 4.78 is 53.9. The molecule has 21 heavy (non-hydrogen) atoms. The van der Waals surface area contributed by atoms with Gasteiger partial charge in [-0.25, -0.2) is 17.2 Å². The van der Waals surface area contributed by atoms with Crippen molar-refractivity contribution in [1.82, 2.24) is 9.62 Å². The highest BCUT2D eigenvalue weighted by molar-refractivity contribution is 7.89. The van der Waals surface area contributed by atoms with E-state index in [0.29, 0.717) is 24.6 Å². The third-order valence-electron chi connectivity index (χ3n) is 3.80. The van der Waals surface area contributed by atoms with Crippen LogP contribution in [0.3, 0.4) is 0 Å². The topological polar surface area (TPSA) is 49.4 Å². The van der Waals surface area contributed by atoms with Crippen molar-refractivity contribution in [2.24, 2.45) is 5.92 Å². The largest absolute Gasteiger partial charge is 0.316 e. The number of sulfonamides is 1. The molecule has 1 aliphatic heterocycles. The van der Waals surface area contributed by atoms with Gasteiger partial charge in [-0.3, -0.25) is 0 Å². The third-order valence-corrected chi connectivity index (χ3v) is 5.69. The summed E-state index contributed by atoms with van der Waals surface area (Å²) in [7, 11) is -2.33. The molecular formula is C14H20F2N2O2S. The number of benzene rings is 1. The second-order valence-electron chi connectivity index (χ2n) is 5.51. The summed E-state index contributed by atoms with van der Waals surface area (Å²) in [6, 6.07) is 2.23. The summed E-state index contributed by atoms with van der Waals surface area (Å²) in [5.41, 5.74) is 0.403. The molecule has 1 heterocycles. The lowest BCUT2D eigenvalue weighted by molar-refractivity contribution is 0.287. The van der Waals surface area contributed by atoms with E-state index in [2.05, 4.69) is 12.2 Å². The highest BCUT2D eigenvalue weighted by atomic mass is 32.2. The first kappa shape index (κ1) is 16.3. The second kappa shape index (κ2) is 6.37. The molecular weight excluding hydrogens is 298 g/mol. The van der Waals surface area contributed by atoms with Crippen molar-refractivity contribution in [3.8, 4) is 0 Å². The van der Waals surface area contributed by atoms with Gasteiger partial charge in [-0.05, 0) is 43.5 Å². The molecule has 1 aromatic rings. The molecule has 1 saturated heterocycles. The average Bonchev–Trinajstić information content (AvgIpc) is 2.43. The van der Waals surface area contributed by atoms with Crippen LogP contribution in [-0.4, -0.2) is 32.9 Å². The van der Waals surface area contributed by atoms with E-state index in [1.807, 2.05) is 0 Å². The Balaban J connectivity index is 2.39. The normalized spacial score (nSPS) is 18.1. The van der Waals surface area contributed by atoms with Crippen molar-refractivity contribution in [2.45, 2.75) is 31.2 Å². The molecule has 0 aliphatic carbocycles. The Morgan fingerprint density at radius 2 is 1.90 bits per heavy atom. The van der Waals surface area contributed by atoms with E-state index >= 15 is 0 Å². The Bertz CT molecular complexity index is 612. The fourth-order valence-electron chi connectivity index (χ4n) is 2.48. The maximum absolute atomic E-state index is 13.9. The molecule has 0 bridgehead atoms. The molecule has 1 aliphatic rings. The van der Waals surface area contributed by atoms with Gasteiger partial charge in [0.25, 0.3) is 0 Å². The van der Waals surface area contributed by atoms with E-state index in [-0.39, 0.29) is 6.54 Å². The Labute approximate surface area is 124 Å². The monoisotopic (exact) mass is 318 g/mol. The number of nitrogens with one attached hydrogen (secondary N) is 1. The minimum atomic E-state index is -3.99. The zero-order valence-electron chi connectivity index (χ0n) is 12.2. The van der Waals surface area contributed by atoms with E-state index in [9.17, 15) is 17.2 Å². The molecule has 0 spiro atoms. The van der Waals surface area contributed by atoms with Gasteiger partial charge in [0.1, 0.15) is 4.90 Å². The number of hydrogen-bond acceptors (Lipinski definition) is 3. The van der Waals surface area contributed by atoms with E-state index in [1.165, 1.54) is 10.4 Å². The van der Waals surface area contributed by atoms with E-state index < -0.39 is 26.6 Å². The van der Waals surface area contributed by atoms with Gasteiger partial charge < -0.3 is 5.32 Å². The van der Waals surface area contributed by atoms with Crippen molar-refractivity contribution in [2.75, 3.05) is 20.1 Å². The Morgan fingerprint density at radius 1 is 1.29 bits per heavy atom. The summed E-state index contributed by atoms with van der Waals surface area (Å²) in [6.45, 7) is 3.02. The third kappa shape index (κ3) is 3.41. The van der Waals surface area contributed by atoms with Crippen molar-refractivity contribution < 1.29 is 17.2 Å². The van der Waals surface area contributed by atoms with Gasteiger partial charge in [0.05, 0.1) is 0 Å². The molecule has 0 saturated carbocycles. The molecule has 4 nitrogen and oxygen atoms in total. The first-order chi connectivity index (χ1) is 9.86. The van der Waals surface area contributed by atoms with Gasteiger partial charge in [-0.15, -0.1) is 0 Å². The van der Waals surface area contributed by atoms with Crippen molar-refractivity contribution >= 4 is 10.0 Å². The van der Waals surface area contributed by atoms with Crippen LogP contribution in [-0.2, 0) is 16.6 Å². The van der Waals surface area contributed by atoms with Gasteiger partial charge in [-0.1, -0.05) is 6.92 Å². The van der Waals surface area contributed by atoms with E-state index in [0.717, 1.165) is 18.9 Å². The van der Waals surface area contributed by atoms with Crippen LogP contribution in [0.5, 0.6) is 0 Å². The zero-order valence-corrected chi connectivity index (χ0v) is 13.0. The number of piperidine rings is 1. The molecule has 7 heteroatoms. The van der Waals surface area contributed by atoms with Gasteiger partial charge in [0.15, 0.2) is 11.6 Å². The van der Waals surface area contributed by atoms with Gasteiger partial charge in [-0.2, -0.15) is 4.31 Å². The van der Waals surface area contributed by atoms with Crippen LogP contribution in [0, 0.1) is 17.6 Å². The molecule has 0 amide bonds. The van der Waals surface area contributed by atoms with E-state index in [1.54, 1.807) is 7.05 Å². The number of halogens is 2. The standard InChI is InChI=1S/C14H20F2N2O2S/c1-10-3-5-18(6-4-10)21(19,20)13-8-11(9-17-2)7-12(15)14(13)16/h7-8,10,17H,3-6,9H2,1-2H3. The molecule has 0 aromatic heterocycles. The first-order valence-corrected chi connectivity index (χ1v) is 8.43. The van der Waals surface area contributed by atoms with Crippen LogP contribution in [0.15, 0.2) is 17.0 Å². The molecule has 2 rings (SSSR count). The molecule has 118 valence electrons.